The van der Waals surface area contributed by atoms with E-state index in [0.717, 1.165) is 19.5 Å². The second-order valence-electron chi connectivity index (χ2n) is 6.73. The third-order valence-electron chi connectivity index (χ3n) is 5.04. The summed E-state index contributed by atoms with van der Waals surface area (Å²) < 4.78 is 5.28. The molecule has 0 bridgehead atoms. The number of nitrogens with two attached hydrogens (primary N) is 1. The van der Waals surface area contributed by atoms with E-state index in [1.165, 1.54) is 22.3 Å². The van der Waals surface area contributed by atoms with Gasteiger partial charge in [-0.15, -0.1) is 11.3 Å². The van der Waals surface area contributed by atoms with E-state index in [1.54, 1.807) is 6.07 Å². The molecule has 27 heavy (non-hydrogen) atoms. The molecule has 1 atom stereocenters. The lowest BCUT2D eigenvalue weighted by atomic mass is 10.0. The highest BCUT2D eigenvalue weighted by Gasteiger charge is 2.26. The van der Waals surface area contributed by atoms with Gasteiger partial charge in [-0.2, -0.15) is 0 Å². The van der Waals surface area contributed by atoms with Crippen LogP contribution in [-0.4, -0.2) is 23.9 Å². The quantitative estimate of drug-likeness (QED) is 0.687. The van der Waals surface area contributed by atoms with Gasteiger partial charge in [-0.25, -0.2) is 0 Å². The number of rotatable bonds is 6. The van der Waals surface area contributed by atoms with E-state index in [2.05, 4.69) is 33.8 Å². The van der Waals surface area contributed by atoms with Crippen LogP contribution in [0.1, 0.15) is 38.2 Å². The Labute approximate surface area is 162 Å². The maximum atomic E-state index is 12.5. The number of furan rings is 1. The molecule has 5 nitrogen and oxygen atoms in total. The van der Waals surface area contributed by atoms with Crippen molar-refractivity contribution in [3.8, 4) is 0 Å². The molecule has 140 valence electrons. The maximum absolute atomic E-state index is 12.5. The van der Waals surface area contributed by atoms with E-state index in [-0.39, 0.29) is 18.5 Å². The van der Waals surface area contributed by atoms with Crippen LogP contribution in [0.4, 0.5) is 0 Å². The molecule has 1 amide bonds. The summed E-state index contributed by atoms with van der Waals surface area (Å²) in [6.07, 6.45) is 2.53. The van der Waals surface area contributed by atoms with Crippen LogP contribution in [0, 0.1) is 0 Å². The summed E-state index contributed by atoms with van der Waals surface area (Å²) in [4.78, 5) is 16.5. The number of hydrogen-bond acceptors (Lipinski definition) is 5. The van der Waals surface area contributed by atoms with Crippen LogP contribution in [0.25, 0.3) is 0 Å². The number of carbonyl (C=O) groups excluding carboxylic acids is 1. The molecule has 0 aliphatic carbocycles. The molecule has 1 aliphatic heterocycles. The molecule has 0 saturated carbocycles. The zero-order valence-corrected chi connectivity index (χ0v) is 15.9. The highest BCUT2D eigenvalue weighted by molar-refractivity contribution is 7.10. The molecular weight excluding hydrogens is 358 g/mol. The van der Waals surface area contributed by atoms with Crippen LogP contribution in [-0.2, 0) is 19.5 Å². The molecule has 0 radical (unpaired) electrons. The van der Waals surface area contributed by atoms with E-state index in [0.29, 0.717) is 17.9 Å². The van der Waals surface area contributed by atoms with Gasteiger partial charge in [-0.05, 0) is 35.1 Å². The summed E-state index contributed by atoms with van der Waals surface area (Å²) in [6, 6.07) is 14.4. The second-order valence-corrected chi connectivity index (χ2v) is 7.73. The standard InChI is InChI=1S/C21H23N3O2S/c22-11-18-10-17(14-26-18)21(25)23-12-19(15-4-2-1-3-5-15)24-8-6-20-16(13-24)7-9-27-20/h1-5,7,9-10,14,19H,6,8,11-13,22H2,(H,23,25). The van der Waals surface area contributed by atoms with Crippen LogP contribution >= 0.6 is 11.3 Å². The number of carbonyl (C=O) groups is 1. The predicted molar refractivity (Wildman–Crippen MR) is 107 cm³/mol. The number of fused-ring (bicyclic) bond motifs is 1. The molecule has 1 aromatic carbocycles. The molecule has 6 heteroatoms. The average molecular weight is 382 g/mol. The van der Waals surface area contributed by atoms with Gasteiger partial charge in [0.2, 0.25) is 0 Å². The fraction of sp³-hybridized carbons (Fsp3) is 0.286. The molecule has 3 N–H and O–H groups in total. The third-order valence-corrected chi connectivity index (χ3v) is 6.06. The van der Waals surface area contributed by atoms with Crippen LogP contribution in [0.3, 0.4) is 0 Å². The first-order valence-electron chi connectivity index (χ1n) is 9.14. The maximum Gasteiger partial charge on any atom is 0.254 e. The fourth-order valence-corrected chi connectivity index (χ4v) is 4.46. The largest absolute Gasteiger partial charge is 0.467 e. The van der Waals surface area contributed by atoms with E-state index < -0.39 is 0 Å². The molecule has 3 heterocycles. The van der Waals surface area contributed by atoms with Crippen molar-refractivity contribution in [3.63, 3.8) is 0 Å². The van der Waals surface area contributed by atoms with Crippen LogP contribution in [0.15, 0.2) is 58.5 Å². The Bertz CT molecular complexity index is 903. The van der Waals surface area contributed by atoms with Crippen molar-refractivity contribution in [2.45, 2.75) is 25.6 Å². The SMILES string of the molecule is NCc1cc(C(=O)NCC(c2ccccc2)N2CCc3sccc3C2)co1. The second kappa shape index (κ2) is 8.08. The van der Waals surface area contributed by atoms with E-state index in [1.807, 2.05) is 29.5 Å². The molecule has 0 saturated heterocycles. The first kappa shape index (κ1) is 18.0. The number of thiophene rings is 1. The van der Waals surface area contributed by atoms with Gasteiger partial charge in [-0.1, -0.05) is 30.3 Å². The minimum absolute atomic E-state index is 0.129. The number of benzene rings is 1. The summed E-state index contributed by atoms with van der Waals surface area (Å²) in [5.74, 6) is 0.480. The minimum atomic E-state index is -0.132. The highest BCUT2D eigenvalue weighted by Crippen LogP contribution is 2.30. The normalized spacial score (nSPS) is 15.3. The van der Waals surface area contributed by atoms with E-state index in [9.17, 15) is 4.79 Å². The molecule has 0 spiro atoms. The van der Waals surface area contributed by atoms with Crippen molar-refractivity contribution in [2.75, 3.05) is 13.1 Å². The van der Waals surface area contributed by atoms with E-state index in [4.69, 9.17) is 10.2 Å². The molecule has 1 unspecified atom stereocenters. The van der Waals surface area contributed by atoms with Gasteiger partial charge >= 0.3 is 0 Å². The lowest BCUT2D eigenvalue weighted by Crippen LogP contribution is -2.40. The van der Waals surface area contributed by atoms with Crippen molar-refractivity contribution in [3.05, 3.63) is 81.4 Å². The van der Waals surface area contributed by atoms with Crippen molar-refractivity contribution >= 4 is 17.2 Å². The third kappa shape index (κ3) is 3.98. The summed E-state index contributed by atoms with van der Waals surface area (Å²) >= 11 is 1.84. The summed E-state index contributed by atoms with van der Waals surface area (Å²) in [7, 11) is 0. The number of nitrogens with zero attached hydrogens (tertiary/aromatic N) is 1. The number of amides is 1. The van der Waals surface area contributed by atoms with Crippen molar-refractivity contribution in [1.82, 2.24) is 10.2 Å². The summed E-state index contributed by atoms with van der Waals surface area (Å²) in [6.45, 7) is 2.74. The highest BCUT2D eigenvalue weighted by atomic mass is 32.1. The minimum Gasteiger partial charge on any atom is -0.467 e. The van der Waals surface area contributed by atoms with E-state index >= 15 is 0 Å². The zero-order valence-electron chi connectivity index (χ0n) is 15.1. The molecule has 1 aliphatic rings. The zero-order chi connectivity index (χ0) is 18.6. The van der Waals surface area contributed by atoms with Gasteiger partial charge in [-0.3, -0.25) is 9.69 Å². The fourth-order valence-electron chi connectivity index (χ4n) is 3.57. The first-order valence-corrected chi connectivity index (χ1v) is 10.0. The Balaban J connectivity index is 1.50. The van der Waals surface area contributed by atoms with Crippen molar-refractivity contribution in [1.29, 1.82) is 0 Å². The monoisotopic (exact) mass is 381 g/mol. The van der Waals surface area contributed by atoms with Gasteiger partial charge in [0.1, 0.15) is 12.0 Å². The Hall–Kier alpha value is -2.41. The Kier molecular flexibility index (Phi) is 5.38. The number of nitrogens with one attached hydrogen (secondary N) is 1. The van der Waals surface area contributed by atoms with Gasteiger partial charge in [0, 0.05) is 24.5 Å². The molecule has 4 rings (SSSR count). The Morgan fingerprint density at radius 3 is 2.93 bits per heavy atom. The van der Waals surface area contributed by atoms with Gasteiger partial charge in [0.05, 0.1) is 18.2 Å². The molecule has 2 aromatic heterocycles. The van der Waals surface area contributed by atoms with Gasteiger partial charge < -0.3 is 15.5 Å². The van der Waals surface area contributed by atoms with Crippen LogP contribution in [0.5, 0.6) is 0 Å². The summed E-state index contributed by atoms with van der Waals surface area (Å²) in [5.41, 5.74) is 8.69. The van der Waals surface area contributed by atoms with Crippen molar-refractivity contribution in [2.24, 2.45) is 5.73 Å². The Morgan fingerprint density at radius 1 is 1.30 bits per heavy atom. The first-order chi connectivity index (χ1) is 13.2. The number of hydrogen-bond donors (Lipinski definition) is 2. The lowest BCUT2D eigenvalue weighted by Gasteiger charge is -2.35. The average Bonchev–Trinajstić information content (AvgIpc) is 3.37. The smallest absolute Gasteiger partial charge is 0.254 e. The van der Waals surface area contributed by atoms with Crippen LogP contribution < -0.4 is 11.1 Å². The Morgan fingerprint density at radius 2 is 2.15 bits per heavy atom. The van der Waals surface area contributed by atoms with Gasteiger partial charge in [0.15, 0.2) is 0 Å². The lowest BCUT2D eigenvalue weighted by molar-refractivity contribution is 0.0927. The van der Waals surface area contributed by atoms with Crippen LogP contribution in [0.2, 0.25) is 0 Å². The van der Waals surface area contributed by atoms with Gasteiger partial charge in [0.25, 0.3) is 5.91 Å². The molecule has 3 aromatic rings. The topological polar surface area (TPSA) is 71.5 Å². The molecular formula is C21H23N3O2S. The summed E-state index contributed by atoms with van der Waals surface area (Å²) in [5, 5.41) is 5.24. The van der Waals surface area contributed by atoms with Crippen molar-refractivity contribution < 1.29 is 9.21 Å². The predicted octanol–water partition coefficient (Wildman–Crippen LogP) is 3.33. The molecule has 0 fully saturated rings.